The first-order chi connectivity index (χ1) is 6.20. The van der Waals surface area contributed by atoms with Crippen LogP contribution < -0.4 is 5.48 Å². The molecule has 1 aliphatic heterocycles. The number of nitrogens with one attached hydrogen (secondary N) is 1. The van der Waals surface area contributed by atoms with Crippen LogP contribution in [-0.4, -0.2) is 25.2 Å². The van der Waals surface area contributed by atoms with Crippen LogP contribution in [0.2, 0.25) is 0 Å². The lowest BCUT2D eigenvalue weighted by Crippen LogP contribution is -2.30. The second-order valence-electron chi connectivity index (χ2n) is 4.02. The highest BCUT2D eigenvalue weighted by Crippen LogP contribution is 2.50. The van der Waals surface area contributed by atoms with Crippen LogP contribution in [0.1, 0.15) is 13.8 Å². The molecule has 2 atom stereocenters. The molecule has 1 N–H and O–H groups in total. The van der Waals surface area contributed by atoms with Crippen molar-refractivity contribution in [2.75, 3.05) is 13.2 Å². The number of hydroxylamine groups is 1. The summed E-state index contributed by atoms with van der Waals surface area (Å²) in [6.07, 6.45) is 0.0405. The van der Waals surface area contributed by atoms with Gasteiger partial charge in [0.25, 0.3) is 0 Å². The molecular formula is C9H15NO3. The zero-order chi connectivity index (χ0) is 9.42. The summed E-state index contributed by atoms with van der Waals surface area (Å²) in [7, 11) is 0. The molecule has 1 saturated carbocycles. The van der Waals surface area contributed by atoms with E-state index in [2.05, 4.69) is 5.48 Å². The molecular weight excluding hydrogens is 170 g/mol. The van der Waals surface area contributed by atoms with E-state index >= 15 is 0 Å². The highest BCUT2D eigenvalue weighted by atomic mass is 16.7. The molecule has 4 nitrogen and oxygen atoms in total. The van der Waals surface area contributed by atoms with Gasteiger partial charge in [0.2, 0.25) is 5.91 Å². The summed E-state index contributed by atoms with van der Waals surface area (Å²) in [4.78, 5) is 16.5. The molecule has 2 aliphatic rings. The largest absolute Gasteiger partial charge is 0.381 e. The molecule has 0 aromatic carbocycles. The number of carbonyl (C=O) groups is 1. The third-order valence-electron chi connectivity index (χ3n) is 2.65. The van der Waals surface area contributed by atoms with Gasteiger partial charge in [0, 0.05) is 11.8 Å². The minimum atomic E-state index is 0.0204. The summed E-state index contributed by atoms with van der Waals surface area (Å²) in [6.45, 7) is 5.25. The van der Waals surface area contributed by atoms with E-state index in [4.69, 9.17) is 9.57 Å². The van der Waals surface area contributed by atoms with Crippen molar-refractivity contribution in [1.29, 1.82) is 0 Å². The van der Waals surface area contributed by atoms with Gasteiger partial charge < -0.3 is 4.74 Å². The lowest BCUT2D eigenvalue weighted by Gasteiger charge is -2.09. The molecule has 2 fully saturated rings. The van der Waals surface area contributed by atoms with E-state index in [0.29, 0.717) is 11.8 Å². The number of fused-ring (bicyclic) bond motifs is 1. The summed E-state index contributed by atoms with van der Waals surface area (Å²) >= 11 is 0. The lowest BCUT2D eigenvalue weighted by atomic mass is 10.3. The summed E-state index contributed by atoms with van der Waals surface area (Å²) in [5.74, 6) is 1.08. The summed E-state index contributed by atoms with van der Waals surface area (Å²) in [5.41, 5.74) is 2.48. The maximum Gasteiger partial charge on any atom is 0.247 e. The van der Waals surface area contributed by atoms with Gasteiger partial charge in [0.05, 0.1) is 25.2 Å². The van der Waals surface area contributed by atoms with Gasteiger partial charge in [0.15, 0.2) is 0 Å². The van der Waals surface area contributed by atoms with Crippen molar-refractivity contribution in [1.82, 2.24) is 5.48 Å². The lowest BCUT2D eigenvalue weighted by molar-refractivity contribution is -0.139. The highest BCUT2D eigenvalue weighted by molar-refractivity contribution is 5.81. The Balaban J connectivity index is 1.74. The third-order valence-corrected chi connectivity index (χ3v) is 2.65. The molecule has 0 spiro atoms. The second-order valence-corrected chi connectivity index (χ2v) is 4.02. The maximum atomic E-state index is 11.4. The molecule has 0 aromatic heterocycles. The van der Waals surface area contributed by atoms with Crippen LogP contribution in [0.25, 0.3) is 0 Å². The smallest absolute Gasteiger partial charge is 0.247 e. The first kappa shape index (κ1) is 8.97. The molecule has 4 heteroatoms. The predicted molar refractivity (Wildman–Crippen MR) is 45.7 cm³/mol. The van der Waals surface area contributed by atoms with Crippen LogP contribution in [0.5, 0.6) is 0 Å². The van der Waals surface area contributed by atoms with Gasteiger partial charge in [0.1, 0.15) is 0 Å². The van der Waals surface area contributed by atoms with E-state index in [1.165, 1.54) is 0 Å². The number of amides is 1. The fourth-order valence-electron chi connectivity index (χ4n) is 1.87. The minimum absolute atomic E-state index is 0.0204. The van der Waals surface area contributed by atoms with E-state index in [-0.39, 0.29) is 17.9 Å². The Bertz CT molecular complexity index is 207. The Hall–Kier alpha value is -0.610. The molecule has 2 rings (SSSR count). The number of carbonyl (C=O) groups excluding carboxylic acids is 1. The number of hydrogen-bond donors (Lipinski definition) is 1. The quantitative estimate of drug-likeness (QED) is 0.645. The van der Waals surface area contributed by atoms with Gasteiger partial charge in [-0.25, -0.2) is 5.48 Å². The topological polar surface area (TPSA) is 47.6 Å². The van der Waals surface area contributed by atoms with Crippen molar-refractivity contribution in [3.8, 4) is 0 Å². The standard InChI is InChI=1S/C9H15NO3/c1-5(2)13-10-9(11)8-6-3-12-4-7(6)8/h5-8H,3-4H2,1-2H3,(H,10,11). The van der Waals surface area contributed by atoms with Crippen LogP contribution in [0.3, 0.4) is 0 Å². The Morgan fingerprint density at radius 2 is 2.08 bits per heavy atom. The average Bonchev–Trinajstić information content (AvgIpc) is 2.56. The highest BCUT2D eigenvalue weighted by Gasteiger charge is 2.58. The van der Waals surface area contributed by atoms with E-state index in [0.717, 1.165) is 13.2 Å². The van der Waals surface area contributed by atoms with E-state index in [9.17, 15) is 4.79 Å². The molecule has 1 heterocycles. The van der Waals surface area contributed by atoms with E-state index in [1.807, 2.05) is 13.8 Å². The van der Waals surface area contributed by atoms with Crippen LogP contribution >= 0.6 is 0 Å². The minimum Gasteiger partial charge on any atom is -0.381 e. The molecule has 0 radical (unpaired) electrons. The Morgan fingerprint density at radius 3 is 2.62 bits per heavy atom. The van der Waals surface area contributed by atoms with Crippen molar-refractivity contribution in [3.63, 3.8) is 0 Å². The zero-order valence-electron chi connectivity index (χ0n) is 7.95. The first-order valence-corrected chi connectivity index (χ1v) is 4.73. The molecule has 2 unspecified atom stereocenters. The maximum absolute atomic E-state index is 11.4. The van der Waals surface area contributed by atoms with Crippen LogP contribution in [0.4, 0.5) is 0 Å². The van der Waals surface area contributed by atoms with Crippen LogP contribution in [-0.2, 0) is 14.4 Å². The van der Waals surface area contributed by atoms with Gasteiger partial charge in [-0.05, 0) is 13.8 Å². The van der Waals surface area contributed by atoms with Crippen molar-refractivity contribution < 1.29 is 14.4 Å². The summed E-state index contributed by atoms with van der Waals surface area (Å²) in [5, 5.41) is 0. The van der Waals surface area contributed by atoms with Gasteiger partial charge in [-0.2, -0.15) is 0 Å². The molecule has 1 aliphatic carbocycles. The Labute approximate surface area is 77.5 Å². The van der Waals surface area contributed by atoms with Crippen molar-refractivity contribution >= 4 is 5.91 Å². The summed E-state index contributed by atoms with van der Waals surface area (Å²) in [6, 6.07) is 0. The van der Waals surface area contributed by atoms with Crippen molar-refractivity contribution in [2.45, 2.75) is 20.0 Å². The normalized spacial score (nSPS) is 36.1. The van der Waals surface area contributed by atoms with Crippen molar-refractivity contribution in [2.24, 2.45) is 17.8 Å². The number of ether oxygens (including phenoxy) is 1. The average molecular weight is 185 g/mol. The predicted octanol–water partition coefficient (Wildman–Crippen LogP) is 0.335. The summed E-state index contributed by atoms with van der Waals surface area (Å²) < 4.78 is 5.19. The van der Waals surface area contributed by atoms with Gasteiger partial charge in [-0.3, -0.25) is 9.63 Å². The SMILES string of the molecule is CC(C)ONC(=O)C1C2COCC21. The molecule has 1 saturated heterocycles. The molecule has 74 valence electrons. The van der Waals surface area contributed by atoms with Crippen LogP contribution in [0, 0.1) is 17.8 Å². The van der Waals surface area contributed by atoms with Gasteiger partial charge >= 0.3 is 0 Å². The fraction of sp³-hybridized carbons (Fsp3) is 0.889. The zero-order valence-corrected chi connectivity index (χ0v) is 7.95. The number of hydrogen-bond acceptors (Lipinski definition) is 3. The molecule has 1 amide bonds. The Morgan fingerprint density at radius 1 is 1.46 bits per heavy atom. The van der Waals surface area contributed by atoms with Gasteiger partial charge in [-0.1, -0.05) is 0 Å². The monoisotopic (exact) mass is 185 g/mol. The first-order valence-electron chi connectivity index (χ1n) is 4.73. The van der Waals surface area contributed by atoms with E-state index in [1.54, 1.807) is 0 Å². The molecule has 0 bridgehead atoms. The number of rotatable bonds is 3. The molecule has 13 heavy (non-hydrogen) atoms. The Kier molecular flexibility index (Phi) is 2.26. The van der Waals surface area contributed by atoms with Crippen molar-refractivity contribution in [3.05, 3.63) is 0 Å². The van der Waals surface area contributed by atoms with Crippen LogP contribution in [0.15, 0.2) is 0 Å². The molecule has 0 aromatic rings. The van der Waals surface area contributed by atoms with E-state index < -0.39 is 0 Å². The fourth-order valence-corrected chi connectivity index (χ4v) is 1.87. The third kappa shape index (κ3) is 1.69. The second kappa shape index (κ2) is 3.27. The van der Waals surface area contributed by atoms with Gasteiger partial charge in [-0.15, -0.1) is 0 Å².